The van der Waals surface area contributed by atoms with Crippen molar-refractivity contribution in [3.8, 4) is 0 Å². The number of hydrogen-bond donors (Lipinski definition) is 3. The second-order valence-electron chi connectivity index (χ2n) is 6.37. The number of carbonyl (C=O) groups excluding carboxylic acids is 3. The van der Waals surface area contributed by atoms with Gasteiger partial charge < -0.3 is 5.32 Å². The van der Waals surface area contributed by atoms with E-state index in [2.05, 4.69) is 32.1 Å². The highest BCUT2D eigenvalue weighted by Gasteiger charge is 2.26. The summed E-state index contributed by atoms with van der Waals surface area (Å²) in [6.07, 6.45) is 4.88. The lowest BCUT2D eigenvalue weighted by Crippen LogP contribution is -2.40. The molecule has 6 nitrogen and oxygen atoms in total. The number of hydrazine groups is 1. The quantitative estimate of drug-likeness (QED) is 0.491. The highest BCUT2D eigenvalue weighted by atomic mass is 79.9. The molecule has 142 valence electrons. The lowest BCUT2D eigenvalue weighted by molar-refractivity contribution is -0.119. The van der Waals surface area contributed by atoms with E-state index in [1.54, 1.807) is 18.2 Å². The minimum absolute atomic E-state index is 0.277. The third-order valence-corrected chi connectivity index (χ3v) is 6.01. The van der Waals surface area contributed by atoms with E-state index in [1.165, 1.54) is 18.3 Å². The molecule has 3 amide bonds. The number of nitrogens with one attached hydrogen (secondary N) is 3. The van der Waals surface area contributed by atoms with Gasteiger partial charge in [0.25, 0.3) is 11.8 Å². The standard InChI is InChI=1S/C19H20BrN3O3S/c1-11(24)22-23-18(26)16-14-8-3-2-4-9-15(14)27-19(16)21-17(25)12-6-5-7-13(20)10-12/h5-7,10H,2-4,8-9H2,1H3,(H,21,25)(H,22,24)(H,23,26). The van der Waals surface area contributed by atoms with E-state index >= 15 is 0 Å². The number of anilines is 1. The van der Waals surface area contributed by atoms with Crippen LogP contribution in [0.1, 0.15) is 57.3 Å². The molecule has 0 bridgehead atoms. The number of benzene rings is 1. The van der Waals surface area contributed by atoms with Gasteiger partial charge in [-0.15, -0.1) is 11.3 Å². The van der Waals surface area contributed by atoms with Crippen LogP contribution in [0.4, 0.5) is 5.00 Å². The van der Waals surface area contributed by atoms with Gasteiger partial charge in [-0.25, -0.2) is 0 Å². The van der Waals surface area contributed by atoms with Gasteiger partial charge in [0.1, 0.15) is 5.00 Å². The number of halogens is 1. The summed E-state index contributed by atoms with van der Waals surface area (Å²) in [5, 5.41) is 3.41. The van der Waals surface area contributed by atoms with Crippen LogP contribution in [0, 0.1) is 0 Å². The smallest absolute Gasteiger partial charge is 0.272 e. The number of amides is 3. The Morgan fingerprint density at radius 1 is 1.04 bits per heavy atom. The first-order valence-electron chi connectivity index (χ1n) is 8.74. The number of fused-ring (bicyclic) bond motifs is 1. The number of thiophene rings is 1. The predicted octanol–water partition coefficient (Wildman–Crippen LogP) is 3.81. The van der Waals surface area contributed by atoms with Crippen molar-refractivity contribution in [2.24, 2.45) is 0 Å². The van der Waals surface area contributed by atoms with Crippen molar-refractivity contribution in [3.63, 3.8) is 0 Å². The first-order chi connectivity index (χ1) is 13.0. The number of rotatable bonds is 3. The lowest BCUT2D eigenvalue weighted by atomic mass is 10.0. The van der Waals surface area contributed by atoms with E-state index in [0.717, 1.165) is 47.0 Å². The Kier molecular flexibility index (Phi) is 6.28. The van der Waals surface area contributed by atoms with Crippen LogP contribution >= 0.6 is 27.3 Å². The van der Waals surface area contributed by atoms with Gasteiger partial charge in [-0.1, -0.05) is 28.4 Å². The summed E-state index contributed by atoms with van der Waals surface area (Å²) in [6, 6.07) is 7.07. The first-order valence-corrected chi connectivity index (χ1v) is 10.3. The zero-order chi connectivity index (χ0) is 19.4. The minimum Gasteiger partial charge on any atom is -0.313 e. The average Bonchev–Trinajstić information content (AvgIpc) is 2.80. The summed E-state index contributed by atoms with van der Waals surface area (Å²) in [5.41, 5.74) is 6.68. The summed E-state index contributed by atoms with van der Waals surface area (Å²) < 4.78 is 0.806. The maximum Gasteiger partial charge on any atom is 0.272 e. The van der Waals surface area contributed by atoms with Gasteiger partial charge in [0.05, 0.1) is 5.56 Å². The third-order valence-electron chi connectivity index (χ3n) is 4.31. The average molecular weight is 450 g/mol. The molecule has 0 atom stereocenters. The van der Waals surface area contributed by atoms with E-state index in [-0.39, 0.29) is 11.8 Å². The molecule has 8 heteroatoms. The Hall–Kier alpha value is -2.19. The number of aryl methyl sites for hydroxylation is 1. The molecule has 0 spiro atoms. The molecular weight excluding hydrogens is 430 g/mol. The van der Waals surface area contributed by atoms with Gasteiger partial charge in [0.15, 0.2) is 0 Å². The largest absolute Gasteiger partial charge is 0.313 e. The van der Waals surface area contributed by atoms with Crippen LogP contribution in [-0.4, -0.2) is 17.7 Å². The van der Waals surface area contributed by atoms with Crippen LogP contribution < -0.4 is 16.2 Å². The molecule has 27 heavy (non-hydrogen) atoms. The third kappa shape index (κ3) is 4.75. The van der Waals surface area contributed by atoms with Gasteiger partial charge in [0.2, 0.25) is 5.91 Å². The zero-order valence-electron chi connectivity index (χ0n) is 14.9. The maximum absolute atomic E-state index is 12.7. The Morgan fingerprint density at radius 2 is 1.81 bits per heavy atom. The first kappa shape index (κ1) is 19.6. The molecule has 1 aliphatic rings. The topological polar surface area (TPSA) is 87.3 Å². The molecule has 0 fully saturated rings. The Bertz CT molecular complexity index is 894. The fraction of sp³-hybridized carbons (Fsp3) is 0.316. The summed E-state index contributed by atoms with van der Waals surface area (Å²) in [4.78, 5) is 37.6. The van der Waals surface area contributed by atoms with Crippen LogP contribution in [0.5, 0.6) is 0 Å². The minimum atomic E-state index is -0.408. The Labute approximate surface area is 169 Å². The Balaban J connectivity index is 1.92. The van der Waals surface area contributed by atoms with Crippen molar-refractivity contribution < 1.29 is 14.4 Å². The molecule has 0 unspecified atom stereocenters. The Morgan fingerprint density at radius 3 is 2.56 bits per heavy atom. The molecule has 0 radical (unpaired) electrons. The predicted molar refractivity (Wildman–Crippen MR) is 109 cm³/mol. The molecule has 1 aromatic carbocycles. The number of carbonyl (C=O) groups is 3. The fourth-order valence-corrected chi connectivity index (χ4v) is 4.76. The number of hydrogen-bond acceptors (Lipinski definition) is 4. The van der Waals surface area contributed by atoms with Crippen LogP contribution in [0.15, 0.2) is 28.7 Å². The van der Waals surface area contributed by atoms with E-state index in [0.29, 0.717) is 16.1 Å². The summed E-state index contributed by atoms with van der Waals surface area (Å²) in [6.45, 7) is 1.32. The second-order valence-corrected chi connectivity index (χ2v) is 8.39. The van der Waals surface area contributed by atoms with Crippen molar-refractivity contribution in [3.05, 3.63) is 50.3 Å². The molecule has 3 N–H and O–H groups in total. The van der Waals surface area contributed by atoms with Crippen LogP contribution in [-0.2, 0) is 17.6 Å². The van der Waals surface area contributed by atoms with Crippen LogP contribution in [0.25, 0.3) is 0 Å². The normalized spacial score (nSPS) is 13.3. The molecule has 3 rings (SSSR count). The van der Waals surface area contributed by atoms with E-state index in [1.807, 2.05) is 6.07 Å². The summed E-state index contributed by atoms with van der Waals surface area (Å²) in [5.74, 6) is -1.04. The molecule has 1 aliphatic carbocycles. The van der Waals surface area contributed by atoms with Gasteiger partial charge in [0, 0.05) is 21.8 Å². The SMILES string of the molecule is CC(=O)NNC(=O)c1c(NC(=O)c2cccc(Br)c2)sc2c1CCCCC2. The fourth-order valence-electron chi connectivity index (χ4n) is 3.08. The van der Waals surface area contributed by atoms with Gasteiger partial charge in [-0.3, -0.25) is 25.2 Å². The van der Waals surface area contributed by atoms with Crippen molar-refractivity contribution >= 4 is 50.0 Å². The van der Waals surface area contributed by atoms with Crippen LogP contribution in [0.2, 0.25) is 0 Å². The van der Waals surface area contributed by atoms with Gasteiger partial charge in [-0.2, -0.15) is 0 Å². The molecule has 0 aliphatic heterocycles. The zero-order valence-corrected chi connectivity index (χ0v) is 17.3. The molecule has 1 aromatic heterocycles. The molecule has 0 saturated carbocycles. The molecular formula is C19H20BrN3O3S. The molecule has 2 aromatic rings. The van der Waals surface area contributed by atoms with Gasteiger partial charge >= 0.3 is 0 Å². The summed E-state index contributed by atoms with van der Waals surface area (Å²) >= 11 is 4.81. The maximum atomic E-state index is 12.7. The van der Waals surface area contributed by atoms with Crippen molar-refractivity contribution in [1.29, 1.82) is 0 Å². The monoisotopic (exact) mass is 449 g/mol. The van der Waals surface area contributed by atoms with E-state index in [9.17, 15) is 14.4 Å². The van der Waals surface area contributed by atoms with Crippen molar-refractivity contribution in [2.45, 2.75) is 39.0 Å². The van der Waals surface area contributed by atoms with E-state index < -0.39 is 5.91 Å². The molecule has 1 heterocycles. The van der Waals surface area contributed by atoms with E-state index in [4.69, 9.17) is 0 Å². The van der Waals surface area contributed by atoms with Crippen LogP contribution in [0.3, 0.4) is 0 Å². The van der Waals surface area contributed by atoms with Crippen molar-refractivity contribution in [1.82, 2.24) is 10.9 Å². The highest BCUT2D eigenvalue weighted by Crippen LogP contribution is 2.37. The van der Waals surface area contributed by atoms with Crippen molar-refractivity contribution in [2.75, 3.05) is 5.32 Å². The van der Waals surface area contributed by atoms with Gasteiger partial charge in [-0.05, 0) is 49.4 Å². The highest BCUT2D eigenvalue weighted by molar-refractivity contribution is 9.10. The molecule has 0 saturated heterocycles. The summed E-state index contributed by atoms with van der Waals surface area (Å²) in [7, 11) is 0. The lowest BCUT2D eigenvalue weighted by Gasteiger charge is -2.10. The second kappa shape index (κ2) is 8.67.